The predicted octanol–water partition coefficient (Wildman–Crippen LogP) is 1.38. The molecular formula is C9H7NO. The first kappa shape index (κ1) is 7.49. The van der Waals surface area contributed by atoms with Gasteiger partial charge >= 0.3 is 0 Å². The van der Waals surface area contributed by atoms with E-state index in [1.807, 2.05) is 0 Å². The first-order valence-electron chi connectivity index (χ1n) is 3.23. The quantitative estimate of drug-likeness (QED) is 0.523. The van der Waals surface area contributed by atoms with Gasteiger partial charge in [-0.2, -0.15) is 5.26 Å². The van der Waals surface area contributed by atoms with Crippen LogP contribution in [0.3, 0.4) is 0 Å². The average Bonchev–Trinajstić information content (AvgIpc) is 2.04. The van der Waals surface area contributed by atoms with Crippen LogP contribution in [0.2, 0.25) is 0 Å². The van der Waals surface area contributed by atoms with Gasteiger partial charge in [0.1, 0.15) is 6.07 Å². The molecule has 0 heterocycles. The number of nitrogens with zero attached hydrogens (tertiary/aromatic N) is 1. The Morgan fingerprint density at radius 3 is 2.91 bits per heavy atom. The Morgan fingerprint density at radius 2 is 2.36 bits per heavy atom. The molecule has 54 valence electrons. The Hall–Kier alpha value is -1.62. The van der Waals surface area contributed by atoms with Crippen LogP contribution in [-0.4, -0.2) is 5.78 Å². The standard InChI is InChI=1S/C9H7NO/c1-7-4-2-3-5-8(7)9(11)6-10/h2-5,8H,1H2. The molecule has 1 aliphatic carbocycles. The Bertz CT molecular complexity index is 291. The minimum atomic E-state index is -0.449. The van der Waals surface area contributed by atoms with Gasteiger partial charge in [0.05, 0.1) is 5.92 Å². The van der Waals surface area contributed by atoms with Gasteiger partial charge in [0.25, 0.3) is 0 Å². The van der Waals surface area contributed by atoms with Crippen molar-refractivity contribution < 1.29 is 4.79 Å². The van der Waals surface area contributed by atoms with Crippen LogP contribution in [-0.2, 0) is 4.79 Å². The number of rotatable bonds is 1. The lowest BCUT2D eigenvalue weighted by Gasteiger charge is -2.09. The molecule has 0 saturated heterocycles. The summed E-state index contributed by atoms with van der Waals surface area (Å²) in [5, 5.41) is 8.31. The highest BCUT2D eigenvalue weighted by molar-refractivity contribution is 5.98. The minimum absolute atomic E-state index is 0.426. The summed E-state index contributed by atoms with van der Waals surface area (Å²) in [6.45, 7) is 3.65. The van der Waals surface area contributed by atoms with Gasteiger partial charge in [0, 0.05) is 0 Å². The Kier molecular flexibility index (Phi) is 2.03. The molecule has 1 unspecified atom stereocenters. The van der Waals surface area contributed by atoms with E-state index in [9.17, 15) is 4.79 Å². The van der Waals surface area contributed by atoms with Crippen molar-refractivity contribution in [1.82, 2.24) is 0 Å². The van der Waals surface area contributed by atoms with Crippen LogP contribution >= 0.6 is 0 Å². The van der Waals surface area contributed by atoms with E-state index in [0.717, 1.165) is 0 Å². The lowest BCUT2D eigenvalue weighted by Crippen LogP contribution is -2.12. The summed E-state index contributed by atoms with van der Waals surface area (Å²) in [5.41, 5.74) is 0.680. The fourth-order valence-electron chi connectivity index (χ4n) is 0.907. The summed E-state index contributed by atoms with van der Waals surface area (Å²) in [7, 11) is 0. The number of hydrogen-bond donors (Lipinski definition) is 0. The number of ketones is 1. The molecule has 1 aliphatic rings. The second-order valence-electron chi connectivity index (χ2n) is 2.27. The molecule has 0 aromatic heterocycles. The van der Waals surface area contributed by atoms with E-state index in [4.69, 9.17) is 5.26 Å². The van der Waals surface area contributed by atoms with Crippen LogP contribution in [0, 0.1) is 17.2 Å². The fraction of sp³-hybridized carbons (Fsp3) is 0.111. The molecule has 0 N–H and O–H groups in total. The summed E-state index contributed by atoms with van der Waals surface area (Å²) in [6.07, 6.45) is 6.95. The largest absolute Gasteiger partial charge is 0.282 e. The van der Waals surface area contributed by atoms with Gasteiger partial charge in [-0.25, -0.2) is 0 Å². The number of nitriles is 1. The lowest BCUT2D eigenvalue weighted by atomic mass is 9.92. The Balaban J connectivity index is 2.84. The highest BCUT2D eigenvalue weighted by atomic mass is 16.1. The highest BCUT2D eigenvalue weighted by Crippen LogP contribution is 2.16. The minimum Gasteiger partial charge on any atom is -0.282 e. The molecule has 0 aromatic carbocycles. The molecule has 0 radical (unpaired) electrons. The average molecular weight is 145 g/mol. The monoisotopic (exact) mass is 145 g/mol. The first-order chi connectivity index (χ1) is 5.25. The van der Waals surface area contributed by atoms with Gasteiger partial charge in [-0.15, -0.1) is 0 Å². The van der Waals surface area contributed by atoms with E-state index in [1.54, 1.807) is 30.4 Å². The molecule has 0 amide bonds. The number of carbonyl (C=O) groups excluding carboxylic acids is 1. The molecule has 2 nitrogen and oxygen atoms in total. The molecule has 2 heteroatoms. The molecule has 0 fully saturated rings. The maximum absolute atomic E-state index is 10.9. The zero-order valence-electron chi connectivity index (χ0n) is 5.95. The molecule has 11 heavy (non-hydrogen) atoms. The van der Waals surface area contributed by atoms with Crippen molar-refractivity contribution >= 4 is 5.78 Å². The van der Waals surface area contributed by atoms with Crippen molar-refractivity contribution in [2.75, 3.05) is 0 Å². The maximum atomic E-state index is 10.9. The van der Waals surface area contributed by atoms with Gasteiger partial charge in [0.2, 0.25) is 5.78 Å². The van der Waals surface area contributed by atoms with Gasteiger partial charge in [-0.1, -0.05) is 30.9 Å². The van der Waals surface area contributed by atoms with E-state index in [-0.39, 0.29) is 0 Å². The third kappa shape index (κ3) is 1.44. The summed E-state index contributed by atoms with van der Waals surface area (Å²) in [4.78, 5) is 10.9. The van der Waals surface area contributed by atoms with Crippen LogP contribution in [0.25, 0.3) is 0 Å². The number of carbonyl (C=O) groups is 1. The molecule has 1 atom stereocenters. The van der Waals surface area contributed by atoms with Crippen molar-refractivity contribution in [2.45, 2.75) is 0 Å². The fourth-order valence-corrected chi connectivity index (χ4v) is 0.907. The molecule has 0 aliphatic heterocycles. The van der Waals surface area contributed by atoms with E-state index < -0.39 is 11.7 Å². The number of Topliss-reactive ketones (excluding diaryl/α,β-unsaturated/α-hetero) is 1. The van der Waals surface area contributed by atoms with E-state index in [0.29, 0.717) is 5.57 Å². The number of allylic oxidation sites excluding steroid dienone is 5. The summed E-state index contributed by atoms with van der Waals surface area (Å²) in [6, 6.07) is 1.58. The maximum Gasteiger partial charge on any atom is 0.243 e. The van der Waals surface area contributed by atoms with Crippen molar-refractivity contribution in [3.8, 4) is 6.07 Å². The second-order valence-corrected chi connectivity index (χ2v) is 2.27. The van der Waals surface area contributed by atoms with Crippen LogP contribution < -0.4 is 0 Å². The molecular weight excluding hydrogens is 138 g/mol. The summed E-state index contributed by atoms with van der Waals surface area (Å²) >= 11 is 0. The van der Waals surface area contributed by atoms with Crippen LogP contribution in [0.4, 0.5) is 0 Å². The Morgan fingerprint density at radius 1 is 1.64 bits per heavy atom. The zero-order valence-corrected chi connectivity index (χ0v) is 5.95. The van der Waals surface area contributed by atoms with Crippen LogP contribution in [0.1, 0.15) is 0 Å². The second kappa shape index (κ2) is 2.98. The summed E-state index contributed by atoms with van der Waals surface area (Å²) < 4.78 is 0. The Labute approximate surface area is 65.1 Å². The van der Waals surface area contributed by atoms with Gasteiger partial charge in [-0.3, -0.25) is 4.79 Å². The van der Waals surface area contributed by atoms with Gasteiger partial charge in [-0.05, 0) is 5.57 Å². The third-order valence-electron chi connectivity index (χ3n) is 1.52. The highest BCUT2D eigenvalue weighted by Gasteiger charge is 2.17. The van der Waals surface area contributed by atoms with Crippen molar-refractivity contribution in [3.05, 3.63) is 36.5 Å². The van der Waals surface area contributed by atoms with E-state index in [2.05, 4.69) is 6.58 Å². The third-order valence-corrected chi connectivity index (χ3v) is 1.52. The molecule has 0 spiro atoms. The SMILES string of the molecule is C=C1C=CC=CC1C(=O)C#N. The van der Waals surface area contributed by atoms with Gasteiger partial charge in [0.15, 0.2) is 0 Å². The topological polar surface area (TPSA) is 40.9 Å². The number of hydrogen-bond acceptors (Lipinski definition) is 2. The summed E-state index contributed by atoms with van der Waals surface area (Å²) in [5.74, 6) is -0.874. The smallest absolute Gasteiger partial charge is 0.243 e. The van der Waals surface area contributed by atoms with Crippen LogP contribution in [0.15, 0.2) is 36.5 Å². The van der Waals surface area contributed by atoms with E-state index >= 15 is 0 Å². The molecule has 1 rings (SSSR count). The molecule has 0 bridgehead atoms. The van der Waals surface area contributed by atoms with Crippen molar-refractivity contribution in [1.29, 1.82) is 5.26 Å². The van der Waals surface area contributed by atoms with E-state index in [1.165, 1.54) is 0 Å². The van der Waals surface area contributed by atoms with Crippen molar-refractivity contribution in [2.24, 2.45) is 5.92 Å². The normalized spacial score (nSPS) is 21.4. The molecule has 0 aromatic rings. The first-order valence-corrected chi connectivity index (χ1v) is 3.23. The van der Waals surface area contributed by atoms with Crippen molar-refractivity contribution in [3.63, 3.8) is 0 Å². The lowest BCUT2D eigenvalue weighted by molar-refractivity contribution is -0.115. The molecule has 0 saturated carbocycles. The van der Waals surface area contributed by atoms with Gasteiger partial charge < -0.3 is 0 Å². The zero-order chi connectivity index (χ0) is 8.27. The van der Waals surface area contributed by atoms with Crippen LogP contribution in [0.5, 0.6) is 0 Å². The predicted molar refractivity (Wildman–Crippen MR) is 41.5 cm³/mol.